The van der Waals surface area contributed by atoms with Gasteiger partial charge >= 0.3 is 12.5 Å². The van der Waals surface area contributed by atoms with Gasteiger partial charge in [0.05, 0.1) is 0 Å². The average molecular weight is 200 g/mol. The molecule has 8 heteroatoms. The molecule has 0 radical (unpaired) electrons. The zero-order valence-corrected chi connectivity index (χ0v) is 5.34. The Kier molecular flexibility index (Phi) is 3.31. The Balaban J connectivity index is 4.04. The molecule has 0 N–H and O–H groups in total. The van der Waals surface area contributed by atoms with Gasteiger partial charge in [-0.15, -0.1) is 13.2 Å². The molecule has 0 aliphatic carbocycles. The lowest BCUT2D eigenvalue weighted by Crippen LogP contribution is -2.31. The highest BCUT2D eigenvalue weighted by Crippen LogP contribution is 2.31. The first-order valence-corrected chi connectivity index (χ1v) is 2.55. The zero-order valence-electron chi connectivity index (χ0n) is 5.34. The summed E-state index contributed by atoms with van der Waals surface area (Å²) in [5.41, 5.74) is 0. The van der Waals surface area contributed by atoms with Crippen molar-refractivity contribution >= 4 is 0 Å². The largest absolute Gasteiger partial charge is 0.527 e. The van der Waals surface area contributed by atoms with E-state index >= 15 is 0 Å². The van der Waals surface area contributed by atoms with Crippen molar-refractivity contribution in [3.63, 3.8) is 0 Å². The van der Waals surface area contributed by atoms with Crippen LogP contribution in [0.2, 0.25) is 0 Å². The fourth-order valence-electron chi connectivity index (χ4n) is 0.391. The van der Waals surface area contributed by atoms with Gasteiger partial charge in [0.2, 0.25) is 6.43 Å². The minimum absolute atomic E-state index is 2.12. The van der Waals surface area contributed by atoms with Gasteiger partial charge in [-0.05, 0) is 0 Å². The average Bonchev–Trinajstić information content (AvgIpc) is 1.48. The standard InChI is InChI=1S/C4H3F7O/c5-2(6)1-3(7,8)12-4(9,10)11/h2H,1H2. The third kappa shape index (κ3) is 6.20. The number of rotatable bonds is 3. The van der Waals surface area contributed by atoms with E-state index in [9.17, 15) is 30.7 Å². The lowest BCUT2D eigenvalue weighted by Gasteiger charge is -2.17. The highest BCUT2D eigenvalue weighted by Gasteiger charge is 2.46. The molecule has 0 saturated heterocycles. The van der Waals surface area contributed by atoms with E-state index in [-0.39, 0.29) is 0 Å². The van der Waals surface area contributed by atoms with Crippen molar-refractivity contribution in [2.24, 2.45) is 0 Å². The van der Waals surface area contributed by atoms with Crippen LogP contribution in [0.3, 0.4) is 0 Å². The molecule has 0 aromatic heterocycles. The SMILES string of the molecule is FC(F)CC(F)(F)OC(F)(F)F. The van der Waals surface area contributed by atoms with Crippen molar-refractivity contribution in [2.45, 2.75) is 25.3 Å². The summed E-state index contributed by atoms with van der Waals surface area (Å²) >= 11 is 0. The molecule has 0 amide bonds. The van der Waals surface area contributed by atoms with Gasteiger partial charge in [0.1, 0.15) is 6.42 Å². The summed E-state index contributed by atoms with van der Waals surface area (Å²) in [5, 5.41) is 0. The lowest BCUT2D eigenvalue weighted by atomic mass is 10.4. The fraction of sp³-hybridized carbons (Fsp3) is 1.00. The predicted octanol–water partition coefficient (Wildman–Crippen LogP) is 2.77. The number of hydrogen-bond acceptors (Lipinski definition) is 1. The molecule has 0 aliphatic rings. The van der Waals surface area contributed by atoms with Gasteiger partial charge in [-0.1, -0.05) is 0 Å². The molecule has 0 atom stereocenters. The summed E-state index contributed by atoms with van der Waals surface area (Å²) in [6.07, 6.45) is -16.3. The molecule has 0 aliphatic heterocycles. The second-order valence-corrected chi connectivity index (χ2v) is 1.78. The third-order valence-corrected chi connectivity index (χ3v) is 0.657. The van der Waals surface area contributed by atoms with E-state index in [0.717, 1.165) is 0 Å². The maximum Gasteiger partial charge on any atom is 0.527 e. The molecule has 0 spiro atoms. The van der Waals surface area contributed by atoms with E-state index in [0.29, 0.717) is 0 Å². The monoisotopic (exact) mass is 200 g/mol. The van der Waals surface area contributed by atoms with Crippen LogP contribution in [0.4, 0.5) is 30.7 Å². The summed E-state index contributed by atoms with van der Waals surface area (Å²) in [7, 11) is 0. The predicted molar refractivity (Wildman–Crippen MR) is 22.7 cm³/mol. The van der Waals surface area contributed by atoms with Crippen molar-refractivity contribution in [1.82, 2.24) is 0 Å². The van der Waals surface area contributed by atoms with E-state index in [4.69, 9.17) is 0 Å². The highest BCUT2D eigenvalue weighted by molar-refractivity contribution is 4.55. The molecule has 74 valence electrons. The van der Waals surface area contributed by atoms with Crippen LogP contribution in [0.1, 0.15) is 6.42 Å². The first-order chi connectivity index (χ1) is 5.12. The first kappa shape index (κ1) is 11.5. The molecule has 0 saturated carbocycles. The quantitative estimate of drug-likeness (QED) is 0.636. The summed E-state index contributed by atoms with van der Waals surface area (Å²) < 4.78 is 81.1. The first-order valence-electron chi connectivity index (χ1n) is 2.55. The summed E-state index contributed by atoms with van der Waals surface area (Å²) in [5.74, 6) is 0. The minimum atomic E-state index is -5.61. The second kappa shape index (κ2) is 3.46. The number of ether oxygens (including phenoxy) is 1. The van der Waals surface area contributed by atoms with Crippen LogP contribution in [0.15, 0.2) is 0 Å². The molecule has 0 heterocycles. The Morgan fingerprint density at radius 1 is 1.00 bits per heavy atom. The maximum absolute atomic E-state index is 11.7. The fourth-order valence-corrected chi connectivity index (χ4v) is 0.391. The number of hydrogen-bond donors (Lipinski definition) is 0. The summed E-state index contributed by atoms with van der Waals surface area (Å²) in [6, 6.07) is 0. The van der Waals surface area contributed by atoms with Gasteiger partial charge in [-0.2, -0.15) is 8.78 Å². The van der Waals surface area contributed by atoms with Gasteiger partial charge in [-0.3, -0.25) is 0 Å². The normalized spacial score (nSPS) is 14.0. The summed E-state index contributed by atoms with van der Waals surface area (Å²) in [6.45, 7) is 0. The van der Waals surface area contributed by atoms with E-state index in [1.165, 1.54) is 0 Å². The Morgan fingerprint density at radius 3 is 1.67 bits per heavy atom. The van der Waals surface area contributed by atoms with Crippen molar-refractivity contribution in [1.29, 1.82) is 0 Å². The van der Waals surface area contributed by atoms with Crippen molar-refractivity contribution < 1.29 is 35.5 Å². The number of halogens is 7. The van der Waals surface area contributed by atoms with Crippen LogP contribution >= 0.6 is 0 Å². The molecular weight excluding hydrogens is 197 g/mol. The Labute approximate surface area is 62.1 Å². The molecule has 12 heavy (non-hydrogen) atoms. The molecule has 0 aromatic rings. The van der Waals surface area contributed by atoms with Crippen LogP contribution in [0.25, 0.3) is 0 Å². The maximum atomic E-state index is 11.7. The molecule has 1 nitrogen and oxygen atoms in total. The second-order valence-electron chi connectivity index (χ2n) is 1.78. The van der Waals surface area contributed by atoms with Crippen LogP contribution in [0, 0.1) is 0 Å². The zero-order chi connectivity index (χ0) is 9.99. The van der Waals surface area contributed by atoms with Gasteiger partial charge in [0, 0.05) is 0 Å². The van der Waals surface area contributed by atoms with Gasteiger partial charge < -0.3 is 0 Å². The van der Waals surface area contributed by atoms with E-state index in [2.05, 4.69) is 4.74 Å². The lowest BCUT2D eigenvalue weighted by molar-refractivity contribution is -0.429. The Morgan fingerprint density at radius 2 is 1.42 bits per heavy atom. The molecule has 0 aromatic carbocycles. The molecular formula is C4H3F7O. The number of alkyl halides is 7. The van der Waals surface area contributed by atoms with E-state index < -0.39 is 25.3 Å². The molecule has 0 fully saturated rings. The smallest absolute Gasteiger partial charge is 0.226 e. The van der Waals surface area contributed by atoms with Crippen molar-refractivity contribution in [3.8, 4) is 0 Å². The van der Waals surface area contributed by atoms with Crippen LogP contribution in [-0.4, -0.2) is 18.9 Å². The van der Waals surface area contributed by atoms with Gasteiger partial charge in [0.25, 0.3) is 0 Å². The molecule has 0 rings (SSSR count). The van der Waals surface area contributed by atoms with Crippen LogP contribution in [0.5, 0.6) is 0 Å². The Hall–Kier alpha value is -0.530. The highest BCUT2D eigenvalue weighted by atomic mass is 19.4. The van der Waals surface area contributed by atoms with Gasteiger partial charge in [-0.25, -0.2) is 13.5 Å². The van der Waals surface area contributed by atoms with Crippen LogP contribution < -0.4 is 0 Å². The topological polar surface area (TPSA) is 9.23 Å². The minimum Gasteiger partial charge on any atom is -0.226 e. The van der Waals surface area contributed by atoms with Gasteiger partial charge in [0.15, 0.2) is 0 Å². The van der Waals surface area contributed by atoms with Crippen LogP contribution in [-0.2, 0) is 4.74 Å². The van der Waals surface area contributed by atoms with E-state index in [1.54, 1.807) is 0 Å². The van der Waals surface area contributed by atoms with Crippen molar-refractivity contribution in [3.05, 3.63) is 0 Å². The molecule has 0 bridgehead atoms. The Bertz CT molecular complexity index is 139. The van der Waals surface area contributed by atoms with E-state index in [1.807, 2.05) is 0 Å². The summed E-state index contributed by atoms with van der Waals surface area (Å²) in [4.78, 5) is 0. The third-order valence-electron chi connectivity index (χ3n) is 0.657. The molecule has 0 unspecified atom stereocenters. The van der Waals surface area contributed by atoms with Crippen molar-refractivity contribution in [2.75, 3.05) is 0 Å².